The standard InChI is InChI=1S/C18H17ClFNO/c19-15-6-1-12(2-7-15)14-5-10-17(11-14)21-18(22)13-3-8-16(20)9-4-13/h1-4,6-9,14,17H,5,10-11H2,(H,21,22). The minimum Gasteiger partial charge on any atom is -0.349 e. The molecule has 0 aliphatic heterocycles. The maximum absolute atomic E-state index is 12.9. The molecule has 3 rings (SSSR count). The highest BCUT2D eigenvalue weighted by Gasteiger charge is 2.27. The van der Waals surface area contributed by atoms with E-state index in [1.54, 1.807) is 0 Å². The fourth-order valence-corrected chi connectivity index (χ4v) is 3.15. The summed E-state index contributed by atoms with van der Waals surface area (Å²) in [4.78, 5) is 12.1. The van der Waals surface area contributed by atoms with Crippen molar-refractivity contribution in [1.82, 2.24) is 5.32 Å². The summed E-state index contributed by atoms with van der Waals surface area (Å²) in [7, 11) is 0. The van der Waals surface area contributed by atoms with E-state index in [1.807, 2.05) is 12.1 Å². The van der Waals surface area contributed by atoms with Crippen molar-refractivity contribution in [3.63, 3.8) is 0 Å². The SMILES string of the molecule is O=C(NC1CCC(c2ccc(Cl)cc2)C1)c1ccc(F)cc1. The number of rotatable bonds is 3. The van der Waals surface area contributed by atoms with Gasteiger partial charge in [0.05, 0.1) is 0 Å². The van der Waals surface area contributed by atoms with Gasteiger partial charge in [-0.25, -0.2) is 4.39 Å². The van der Waals surface area contributed by atoms with Crippen LogP contribution >= 0.6 is 11.6 Å². The van der Waals surface area contributed by atoms with E-state index in [4.69, 9.17) is 11.6 Å². The van der Waals surface area contributed by atoms with Gasteiger partial charge in [-0.05, 0) is 67.1 Å². The average molecular weight is 318 g/mol. The second kappa shape index (κ2) is 6.49. The first kappa shape index (κ1) is 15.0. The molecule has 1 amide bonds. The molecule has 1 aliphatic carbocycles. The topological polar surface area (TPSA) is 29.1 Å². The average Bonchev–Trinajstić information content (AvgIpc) is 2.97. The van der Waals surface area contributed by atoms with Crippen molar-refractivity contribution in [2.75, 3.05) is 0 Å². The van der Waals surface area contributed by atoms with Crippen LogP contribution in [-0.4, -0.2) is 11.9 Å². The van der Waals surface area contributed by atoms with Gasteiger partial charge in [-0.2, -0.15) is 0 Å². The molecule has 0 aromatic heterocycles. The first-order valence-corrected chi connectivity index (χ1v) is 7.81. The quantitative estimate of drug-likeness (QED) is 0.884. The highest BCUT2D eigenvalue weighted by Crippen LogP contribution is 2.35. The van der Waals surface area contributed by atoms with Crippen LogP contribution in [0.25, 0.3) is 0 Å². The van der Waals surface area contributed by atoms with Crippen molar-refractivity contribution in [3.8, 4) is 0 Å². The number of carbonyl (C=O) groups is 1. The van der Waals surface area contributed by atoms with E-state index >= 15 is 0 Å². The van der Waals surface area contributed by atoms with Gasteiger partial charge < -0.3 is 5.32 Å². The smallest absolute Gasteiger partial charge is 0.251 e. The highest BCUT2D eigenvalue weighted by molar-refractivity contribution is 6.30. The van der Waals surface area contributed by atoms with E-state index in [2.05, 4.69) is 17.4 Å². The van der Waals surface area contributed by atoms with Crippen molar-refractivity contribution in [1.29, 1.82) is 0 Å². The maximum atomic E-state index is 12.9. The molecule has 0 bridgehead atoms. The van der Waals surface area contributed by atoms with Gasteiger partial charge >= 0.3 is 0 Å². The Morgan fingerprint density at radius 2 is 1.73 bits per heavy atom. The molecular weight excluding hydrogens is 301 g/mol. The fourth-order valence-electron chi connectivity index (χ4n) is 3.02. The summed E-state index contributed by atoms with van der Waals surface area (Å²) in [6.45, 7) is 0. The highest BCUT2D eigenvalue weighted by atomic mass is 35.5. The van der Waals surface area contributed by atoms with Gasteiger partial charge in [0.25, 0.3) is 5.91 Å². The van der Waals surface area contributed by atoms with Gasteiger partial charge in [0.2, 0.25) is 0 Å². The largest absolute Gasteiger partial charge is 0.349 e. The van der Waals surface area contributed by atoms with E-state index in [9.17, 15) is 9.18 Å². The Morgan fingerprint density at radius 3 is 2.41 bits per heavy atom. The van der Waals surface area contributed by atoms with Gasteiger partial charge in [-0.3, -0.25) is 4.79 Å². The summed E-state index contributed by atoms with van der Waals surface area (Å²) in [5.41, 5.74) is 1.76. The van der Waals surface area contributed by atoms with E-state index in [0.717, 1.165) is 24.3 Å². The molecule has 2 aromatic rings. The third-order valence-electron chi connectivity index (χ3n) is 4.22. The number of halogens is 2. The van der Waals surface area contributed by atoms with Gasteiger partial charge in [0.15, 0.2) is 0 Å². The van der Waals surface area contributed by atoms with Crippen LogP contribution in [0.1, 0.15) is 41.1 Å². The number of carbonyl (C=O) groups excluding carboxylic acids is 1. The van der Waals surface area contributed by atoms with E-state index < -0.39 is 0 Å². The molecule has 2 unspecified atom stereocenters. The lowest BCUT2D eigenvalue weighted by molar-refractivity contribution is 0.0937. The Hall–Kier alpha value is -1.87. The molecule has 4 heteroatoms. The lowest BCUT2D eigenvalue weighted by Crippen LogP contribution is -2.32. The molecule has 0 saturated heterocycles. The summed E-state index contributed by atoms with van der Waals surface area (Å²) in [5.74, 6) is -0.0160. The zero-order valence-electron chi connectivity index (χ0n) is 12.1. The fraction of sp³-hybridized carbons (Fsp3) is 0.278. The van der Waals surface area contributed by atoms with Crippen molar-refractivity contribution in [3.05, 3.63) is 70.5 Å². The lowest BCUT2D eigenvalue weighted by Gasteiger charge is -2.14. The minimum atomic E-state index is -0.333. The number of amides is 1. The third kappa shape index (κ3) is 3.47. The maximum Gasteiger partial charge on any atom is 0.251 e. The summed E-state index contributed by atoms with van der Waals surface area (Å²) in [6.07, 6.45) is 2.94. The monoisotopic (exact) mass is 317 g/mol. The normalized spacial score (nSPS) is 20.8. The van der Waals surface area contributed by atoms with Crippen molar-refractivity contribution in [2.45, 2.75) is 31.2 Å². The molecule has 1 saturated carbocycles. The summed E-state index contributed by atoms with van der Waals surface area (Å²) in [6, 6.07) is 13.7. The first-order chi connectivity index (χ1) is 10.6. The summed E-state index contributed by atoms with van der Waals surface area (Å²) >= 11 is 5.91. The first-order valence-electron chi connectivity index (χ1n) is 7.44. The zero-order chi connectivity index (χ0) is 15.5. The van der Waals surface area contributed by atoms with Crippen LogP contribution in [0.3, 0.4) is 0 Å². The Morgan fingerprint density at radius 1 is 1.05 bits per heavy atom. The Bertz CT molecular complexity index is 654. The van der Waals surface area contributed by atoms with Crippen molar-refractivity contribution < 1.29 is 9.18 Å². The predicted octanol–water partition coefficient (Wildman–Crippen LogP) is 4.55. The second-order valence-corrected chi connectivity index (χ2v) is 6.18. The molecule has 0 spiro atoms. The minimum absolute atomic E-state index is 0.137. The van der Waals surface area contributed by atoms with Crippen LogP contribution in [0.5, 0.6) is 0 Å². The molecule has 22 heavy (non-hydrogen) atoms. The zero-order valence-corrected chi connectivity index (χ0v) is 12.8. The molecule has 2 aromatic carbocycles. The number of hydrogen-bond donors (Lipinski definition) is 1. The van der Waals surface area contributed by atoms with E-state index in [-0.39, 0.29) is 17.8 Å². The second-order valence-electron chi connectivity index (χ2n) is 5.74. The molecular formula is C18H17ClFNO. The molecule has 1 fully saturated rings. The molecule has 1 N–H and O–H groups in total. The molecule has 0 radical (unpaired) electrons. The molecule has 0 heterocycles. The van der Waals surface area contributed by atoms with Crippen molar-refractivity contribution in [2.24, 2.45) is 0 Å². The van der Waals surface area contributed by atoms with Crippen LogP contribution < -0.4 is 5.32 Å². The Kier molecular flexibility index (Phi) is 4.44. The Balaban J connectivity index is 1.59. The van der Waals surface area contributed by atoms with Gasteiger partial charge in [-0.1, -0.05) is 23.7 Å². The van der Waals surface area contributed by atoms with Gasteiger partial charge in [-0.15, -0.1) is 0 Å². The molecule has 114 valence electrons. The van der Waals surface area contributed by atoms with Crippen LogP contribution in [0.15, 0.2) is 48.5 Å². The summed E-state index contributed by atoms with van der Waals surface area (Å²) in [5, 5.41) is 3.78. The lowest BCUT2D eigenvalue weighted by atomic mass is 9.97. The number of nitrogens with one attached hydrogen (secondary N) is 1. The third-order valence-corrected chi connectivity index (χ3v) is 4.47. The number of hydrogen-bond acceptors (Lipinski definition) is 1. The predicted molar refractivity (Wildman–Crippen MR) is 85.7 cm³/mol. The molecule has 2 atom stereocenters. The number of benzene rings is 2. The van der Waals surface area contributed by atoms with E-state index in [1.165, 1.54) is 29.8 Å². The van der Waals surface area contributed by atoms with Crippen molar-refractivity contribution >= 4 is 17.5 Å². The van der Waals surface area contributed by atoms with Crippen LogP contribution in [0.4, 0.5) is 4.39 Å². The van der Waals surface area contributed by atoms with Crippen LogP contribution in [-0.2, 0) is 0 Å². The molecule has 1 aliphatic rings. The Labute approximate surface area is 134 Å². The summed E-state index contributed by atoms with van der Waals surface area (Å²) < 4.78 is 12.9. The van der Waals surface area contributed by atoms with Gasteiger partial charge in [0, 0.05) is 16.6 Å². The van der Waals surface area contributed by atoms with Crippen LogP contribution in [0.2, 0.25) is 5.02 Å². The molecule has 2 nitrogen and oxygen atoms in total. The van der Waals surface area contributed by atoms with Crippen LogP contribution in [0, 0.1) is 5.82 Å². The van der Waals surface area contributed by atoms with E-state index in [0.29, 0.717) is 11.5 Å². The van der Waals surface area contributed by atoms with Gasteiger partial charge in [0.1, 0.15) is 5.82 Å².